The predicted octanol–water partition coefficient (Wildman–Crippen LogP) is 4.86. The van der Waals surface area contributed by atoms with Crippen LogP contribution < -0.4 is 5.32 Å². The third-order valence-electron chi connectivity index (χ3n) is 3.09. The normalized spacial score (nSPS) is 18.2. The molecule has 0 spiro atoms. The molecule has 3 nitrogen and oxygen atoms in total. The molecule has 0 saturated carbocycles. The van der Waals surface area contributed by atoms with Crippen LogP contribution in [0.5, 0.6) is 0 Å². The Hall–Kier alpha value is -1.56. The van der Waals surface area contributed by atoms with E-state index in [0.29, 0.717) is 14.4 Å². The van der Waals surface area contributed by atoms with Crippen LogP contribution in [0.4, 0.5) is 5.69 Å². The van der Waals surface area contributed by atoms with E-state index in [9.17, 15) is 4.79 Å². The van der Waals surface area contributed by atoms with E-state index in [1.165, 1.54) is 28.7 Å². The van der Waals surface area contributed by atoms with Crippen molar-refractivity contribution >= 4 is 57.5 Å². The highest BCUT2D eigenvalue weighted by Gasteiger charge is 2.23. The summed E-state index contributed by atoms with van der Waals surface area (Å²) in [5.74, 6) is -0.126. The van der Waals surface area contributed by atoms with Gasteiger partial charge in [0.25, 0.3) is 5.91 Å². The number of aliphatic imine (C=N–C) groups is 1. The molecule has 2 heterocycles. The number of rotatable bonds is 3. The zero-order valence-electron chi connectivity index (χ0n) is 11.8. The Bertz CT molecular complexity index is 763. The Balaban J connectivity index is 1.78. The highest BCUT2D eigenvalue weighted by atomic mass is 35.5. The Kier molecular flexibility index (Phi) is 4.66. The van der Waals surface area contributed by atoms with Crippen LogP contribution >= 0.6 is 34.7 Å². The zero-order chi connectivity index (χ0) is 15.5. The number of halogens is 1. The molecule has 1 amide bonds. The molecular weight excluding hydrogens is 336 g/mol. The molecule has 1 aromatic heterocycles. The topological polar surface area (TPSA) is 41.5 Å². The van der Waals surface area contributed by atoms with Gasteiger partial charge in [-0.1, -0.05) is 30.7 Å². The number of amides is 1. The molecule has 22 heavy (non-hydrogen) atoms. The van der Waals surface area contributed by atoms with Crippen molar-refractivity contribution in [3.05, 3.63) is 56.1 Å². The number of nitrogens with one attached hydrogen (secondary N) is 1. The Morgan fingerprint density at radius 2 is 2.00 bits per heavy atom. The van der Waals surface area contributed by atoms with E-state index in [1.807, 2.05) is 42.5 Å². The minimum atomic E-state index is -0.126. The van der Waals surface area contributed by atoms with Gasteiger partial charge in [0.1, 0.15) is 0 Å². The van der Waals surface area contributed by atoms with E-state index in [2.05, 4.69) is 17.2 Å². The van der Waals surface area contributed by atoms with Crippen molar-refractivity contribution in [2.75, 3.05) is 0 Å². The standard InChI is InChI=1S/C16H13ClN2OS2/c1-2-10-3-5-11(6-4-10)18-16-19-15(20)13(22-16)9-12-7-8-14(17)21-12/h3-9H,2H2,1H3,(H,18,19,20)/b13-9+. The maximum Gasteiger partial charge on any atom is 0.264 e. The third-order valence-corrected chi connectivity index (χ3v) is 5.18. The minimum Gasteiger partial charge on any atom is -0.300 e. The molecule has 1 N–H and O–H groups in total. The number of thioether (sulfide) groups is 1. The number of carbonyl (C=O) groups is 1. The molecule has 6 heteroatoms. The van der Waals surface area contributed by atoms with Crippen molar-refractivity contribution in [1.29, 1.82) is 0 Å². The van der Waals surface area contributed by atoms with Crippen LogP contribution in [0.3, 0.4) is 0 Å². The van der Waals surface area contributed by atoms with Crippen LogP contribution in [0.1, 0.15) is 17.4 Å². The molecule has 0 unspecified atom stereocenters. The van der Waals surface area contributed by atoms with Gasteiger partial charge >= 0.3 is 0 Å². The average molecular weight is 349 g/mol. The summed E-state index contributed by atoms with van der Waals surface area (Å²) in [5, 5.41) is 3.39. The fourth-order valence-electron chi connectivity index (χ4n) is 1.94. The molecule has 0 aliphatic carbocycles. The van der Waals surface area contributed by atoms with Gasteiger partial charge in [-0.25, -0.2) is 4.99 Å². The summed E-state index contributed by atoms with van der Waals surface area (Å²) in [4.78, 5) is 18.0. The van der Waals surface area contributed by atoms with E-state index in [-0.39, 0.29) is 5.91 Å². The Morgan fingerprint density at radius 1 is 1.23 bits per heavy atom. The lowest BCUT2D eigenvalue weighted by molar-refractivity contribution is -0.115. The monoisotopic (exact) mass is 348 g/mol. The van der Waals surface area contributed by atoms with E-state index in [4.69, 9.17) is 11.6 Å². The SMILES string of the molecule is CCc1ccc(N=C2NC(=O)/C(=C\c3ccc(Cl)s3)S2)cc1. The van der Waals surface area contributed by atoms with Crippen LogP contribution in [0.2, 0.25) is 4.34 Å². The first-order chi connectivity index (χ1) is 10.6. The second-order valence-corrected chi connectivity index (χ2v) is 7.42. The highest BCUT2D eigenvalue weighted by molar-refractivity contribution is 8.18. The van der Waals surface area contributed by atoms with Gasteiger partial charge in [-0.05, 0) is 54.1 Å². The van der Waals surface area contributed by atoms with Gasteiger partial charge in [0.05, 0.1) is 14.9 Å². The number of thiophene rings is 1. The third kappa shape index (κ3) is 3.61. The first kappa shape index (κ1) is 15.3. The van der Waals surface area contributed by atoms with E-state index in [0.717, 1.165) is 17.0 Å². The summed E-state index contributed by atoms with van der Waals surface area (Å²) >= 11 is 8.68. The number of nitrogens with zero attached hydrogens (tertiary/aromatic N) is 1. The molecule has 1 aliphatic rings. The number of carbonyl (C=O) groups excluding carboxylic acids is 1. The fraction of sp³-hybridized carbons (Fsp3) is 0.125. The van der Waals surface area contributed by atoms with Crippen molar-refractivity contribution in [2.45, 2.75) is 13.3 Å². The Labute approximate surface area is 142 Å². The first-order valence-corrected chi connectivity index (χ1v) is 8.79. The smallest absolute Gasteiger partial charge is 0.264 e. The summed E-state index contributed by atoms with van der Waals surface area (Å²) in [7, 11) is 0. The molecule has 1 saturated heterocycles. The number of aryl methyl sites for hydroxylation is 1. The van der Waals surface area contributed by atoms with Gasteiger partial charge in [0.15, 0.2) is 5.17 Å². The van der Waals surface area contributed by atoms with Crippen LogP contribution in [0.25, 0.3) is 6.08 Å². The maximum atomic E-state index is 12.0. The molecule has 1 aliphatic heterocycles. The second-order valence-electron chi connectivity index (χ2n) is 4.64. The lowest BCUT2D eigenvalue weighted by Gasteiger charge is -1.98. The molecule has 112 valence electrons. The van der Waals surface area contributed by atoms with Crippen molar-refractivity contribution < 1.29 is 4.79 Å². The van der Waals surface area contributed by atoms with Gasteiger partial charge in [-0.2, -0.15) is 0 Å². The summed E-state index contributed by atoms with van der Waals surface area (Å²) in [6.07, 6.45) is 2.83. The van der Waals surface area contributed by atoms with Crippen LogP contribution in [-0.4, -0.2) is 11.1 Å². The maximum absolute atomic E-state index is 12.0. The quantitative estimate of drug-likeness (QED) is 0.805. The van der Waals surface area contributed by atoms with Crippen LogP contribution in [0.15, 0.2) is 46.3 Å². The summed E-state index contributed by atoms with van der Waals surface area (Å²) in [6.45, 7) is 2.11. The summed E-state index contributed by atoms with van der Waals surface area (Å²) < 4.78 is 0.708. The number of hydrogen-bond acceptors (Lipinski definition) is 4. The second kappa shape index (κ2) is 6.69. The highest BCUT2D eigenvalue weighted by Crippen LogP contribution is 2.31. The largest absolute Gasteiger partial charge is 0.300 e. The number of amidine groups is 1. The molecule has 0 bridgehead atoms. The predicted molar refractivity (Wildman–Crippen MR) is 96.0 cm³/mol. The average Bonchev–Trinajstić information content (AvgIpc) is 3.06. The van der Waals surface area contributed by atoms with Crippen LogP contribution in [-0.2, 0) is 11.2 Å². The molecule has 1 aromatic carbocycles. The summed E-state index contributed by atoms with van der Waals surface area (Å²) in [6, 6.07) is 11.7. The van der Waals surface area contributed by atoms with Gasteiger partial charge in [-0.15, -0.1) is 11.3 Å². The molecule has 1 fully saturated rings. The van der Waals surface area contributed by atoms with Crippen molar-refractivity contribution in [1.82, 2.24) is 5.32 Å². The number of benzene rings is 1. The van der Waals surface area contributed by atoms with Gasteiger partial charge in [0, 0.05) is 4.88 Å². The zero-order valence-corrected chi connectivity index (χ0v) is 14.2. The van der Waals surface area contributed by atoms with Gasteiger partial charge in [-0.3, -0.25) is 4.79 Å². The van der Waals surface area contributed by atoms with Crippen LogP contribution in [0, 0.1) is 0 Å². The van der Waals surface area contributed by atoms with E-state index >= 15 is 0 Å². The minimum absolute atomic E-state index is 0.126. The van der Waals surface area contributed by atoms with Gasteiger partial charge < -0.3 is 5.32 Å². The molecule has 0 atom stereocenters. The summed E-state index contributed by atoms with van der Waals surface area (Å²) in [5.41, 5.74) is 2.10. The van der Waals surface area contributed by atoms with Crippen molar-refractivity contribution in [3.8, 4) is 0 Å². The van der Waals surface area contributed by atoms with E-state index < -0.39 is 0 Å². The lowest BCUT2D eigenvalue weighted by Crippen LogP contribution is -2.19. The fourth-order valence-corrected chi connectivity index (χ4v) is 3.85. The molecular formula is C16H13ClN2OS2. The lowest BCUT2D eigenvalue weighted by atomic mass is 10.2. The van der Waals surface area contributed by atoms with Gasteiger partial charge in [0.2, 0.25) is 0 Å². The number of hydrogen-bond donors (Lipinski definition) is 1. The van der Waals surface area contributed by atoms with Crippen molar-refractivity contribution in [2.24, 2.45) is 4.99 Å². The Morgan fingerprint density at radius 3 is 2.64 bits per heavy atom. The first-order valence-electron chi connectivity index (χ1n) is 6.78. The molecule has 2 aromatic rings. The van der Waals surface area contributed by atoms with Crippen molar-refractivity contribution in [3.63, 3.8) is 0 Å². The van der Waals surface area contributed by atoms with E-state index in [1.54, 1.807) is 0 Å². The molecule has 3 rings (SSSR count). The molecule has 0 radical (unpaired) electrons.